The molecule has 0 bridgehead atoms. The first-order valence-corrected chi connectivity index (χ1v) is 9.36. The fourth-order valence-electron chi connectivity index (χ4n) is 2.97. The highest BCUT2D eigenvalue weighted by atomic mass is 32.2. The summed E-state index contributed by atoms with van der Waals surface area (Å²) in [6.07, 6.45) is 4.56. The van der Waals surface area contributed by atoms with Gasteiger partial charge in [-0.05, 0) is 36.8 Å². The van der Waals surface area contributed by atoms with E-state index in [9.17, 15) is 0 Å². The van der Waals surface area contributed by atoms with Gasteiger partial charge in [0.2, 0.25) is 0 Å². The van der Waals surface area contributed by atoms with Crippen molar-refractivity contribution in [3.63, 3.8) is 0 Å². The molecule has 0 atom stereocenters. The molecule has 3 nitrogen and oxygen atoms in total. The van der Waals surface area contributed by atoms with E-state index in [-0.39, 0.29) is 0 Å². The van der Waals surface area contributed by atoms with Crippen molar-refractivity contribution in [2.75, 3.05) is 11.5 Å². The second-order valence-corrected chi connectivity index (χ2v) is 7.66. The number of thioether (sulfide) groups is 1. The molecule has 22 heavy (non-hydrogen) atoms. The van der Waals surface area contributed by atoms with E-state index in [0.717, 1.165) is 34.0 Å². The molecule has 0 aliphatic heterocycles. The van der Waals surface area contributed by atoms with Crippen molar-refractivity contribution in [3.8, 4) is 0 Å². The molecule has 1 aromatic carbocycles. The quantitative estimate of drug-likeness (QED) is 0.579. The summed E-state index contributed by atoms with van der Waals surface area (Å²) >= 11 is 3.49. The lowest BCUT2D eigenvalue weighted by molar-refractivity contribution is 0.916. The topological polar surface area (TPSA) is 51.8 Å². The zero-order valence-corrected chi connectivity index (χ0v) is 13.8. The third-order valence-corrected chi connectivity index (χ3v) is 6.07. The molecule has 1 aliphatic carbocycles. The first-order chi connectivity index (χ1) is 10.8. The number of aromatic nitrogens is 2. The minimum Gasteiger partial charge on any atom is -0.383 e. The lowest BCUT2D eigenvalue weighted by Gasteiger charge is -2.04. The Morgan fingerprint density at radius 1 is 1.14 bits per heavy atom. The largest absolute Gasteiger partial charge is 0.383 e. The van der Waals surface area contributed by atoms with Crippen LogP contribution >= 0.6 is 23.1 Å². The number of nitrogens with two attached hydrogens (primary N) is 1. The van der Waals surface area contributed by atoms with Crippen molar-refractivity contribution in [1.82, 2.24) is 9.97 Å². The van der Waals surface area contributed by atoms with Gasteiger partial charge in [0.05, 0.1) is 5.39 Å². The van der Waals surface area contributed by atoms with Crippen molar-refractivity contribution in [2.24, 2.45) is 0 Å². The Balaban J connectivity index is 1.53. The van der Waals surface area contributed by atoms with Crippen LogP contribution in [0.25, 0.3) is 10.2 Å². The molecule has 112 valence electrons. The molecule has 4 rings (SSSR count). The average molecular weight is 327 g/mol. The molecule has 1 aliphatic rings. The maximum Gasteiger partial charge on any atom is 0.190 e. The van der Waals surface area contributed by atoms with E-state index in [4.69, 9.17) is 10.7 Å². The summed E-state index contributed by atoms with van der Waals surface area (Å²) in [5, 5.41) is 1.92. The van der Waals surface area contributed by atoms with Crippen LogP contribution in [-0.2, 0) is 19.3 Å². The second-order valence-electron chi connectivity index (χ2n) is 5.51. The number of thiophene rings is 1. The Kier molecular flexibility index (Phi) is 3.76. The van der Waals surface area contributed by atoms with Crippen molar-refractivity contribution in [3.05, 3.63) is 46.3 Å². The van der Waals surface area contributed by atoms with E-state index in [1.54, 1.807) is 23.1 Å². The minimum atomic E-state index is 0.659. The van der Waals surface area contributed by atoms with E-state index < -0.39 is 0 Å². The number of anilines is 1. The Bertz CT molecular complexity index is 812. The van der Waals surface area contributed by atoms with Gasteiger partial charge in [-0.2, -0.15) is 0 Å². The number of hydrogen-bond donors (Lipinski definition) is 1. The van der Waals surface area contributed by atoms with Crippen molar-refractivity contribution >= 4 is 39.1 Å². The maximum absolute atomic E-state index is 6.20. The monoisotopic (exact) mass is 327 g/mol. The molecule has 0 saturated heterocycles. The third kappa shape index (κ3) is 2.59. The van der Waals surface area contributed by atoms with Gasteiger partial charge in [0, 0.05) is 10.6 Å². The fraction of sp³-hybridized carbons (Fsp3) is 0.294. The molecule has 2 heterocycles. The number of aryl methyl sites for hydroxylation is 3. The second kappa shape index (κ2) is 5.89. The highest BCUT2D eigenvalue weighted by molar-refractivity contribution is 7.99. The lowest BCUT2D eigenvalue weighted by Crippen LogP contribution is -1.98. The van der Waals surface area contributed by atoms with E-state index in [1.807, 2.05) is 6.07 Å². The van der Waals surface area contributed by atoms with Crippen LogP contribution in [0.5, 0.6) is 0 Å². The Morgan fingerprint density at radius 2 is 2.00 bits per heavy atom. The molecule has 0 fully saturated rings. The lowest BCUT2D eigenvalue weighted by atomic mass is 10.2. The van der Waals surface area contributed by atoms with Crippen LogP contribution in [0.15, 0.2) is 35.5 Å². The zero-order chi connectivity index (χ0) is 14.9. The summed E-state index contributed by atoms with van der Waals surface area (Å²) in [6, 6.07) is 10.5. The highest BCUT2D eigenvalue weighted by Gasteiger charge is 2.21. The van der Waals surface area contributed by atoms with Crippen LogP contribution in [0, 0.1) is 0 Å². The van der Waals surface area contributed by atoms with E-state index in [2.05, 4.69) is 29.2 Å². The van der Waals surface area contributed by atoms with Gasteiger partial charge in [0.25, 0.3) is 0 Å². The molecule has 0 saturated carbocycles. The van der Waals surface area contributed by atoms with Gasteiger partial charge in [-0.1, -0.05) is 42.1 Å². The molecule has 0 amide bonds. The summed E-state index contributed by atoms with van der Waals surface area (Å²) in [7, 11) is 0. The van der Waals surface area contributed by atoms with Gasteiger partial charge >= 0.3 is 0 Å². The molecule has 2 N–H and O–H groups in total. The van der Waals surface area contributed by atoms with E-state index in [0.29, 0.717) is 5.82 Å². The molecule has 0 unspecified atom stereocenters. The molecular formula is C17H17N3S2. The standard InChI is InChI=1S/C17H17N3S2/c18-15-14-12-7-4-8-13(12)22-16(14)20-17(19-15)21-10-9-11-5-2-1-3-6-11/h1-3,5-6H,4,7-10H2,(H2,18,19,20). The summed E-state index contributed by atoms with van der Waals surface area (Å²) in [5.74, 6) is 1.63. The Morgan fingerprint density at radius 3 is 2.86 bits per heavy atom. The summed E-state index contributed by atoms with van der Waals surface area (Å²) in [5.41, 5.74) is 8.95. The van der Waals surface area contributed by atoms with Crippen LogP contribution in [-0.4, -0.2) is 15.7 Å². The zero-order valence-electron chi connectivity index (χ0n) is 12.2. The summed E-state index contributed by atoms with van der Waals surface area (Å²) in [4.78, 5) is 11.8. The molecule has 2 aromatic heterocycles. The molecule has 0 radical (unpaired) electrons. The molecular weight excluding hydrogens is 310 g/mol. The predicted octanol–water partition coefficient (Wildman–Crippen LogP) is 4.10. The number of nitrogen functional groups attached to an aromatic ring is 1. The number of rotatable bonds is 4. The molecule has 3 aromatic rings. The van der Waals surface area contributed by atoms with Crippen LogP contribution in [0.4, 0.5) is 5.82 Å². The highest BCUT2D eigenvalue weighted by Crippen LogP contribution is 2.39. The van der Waals surface area contributed by atoms with Crippen LogP contribution in [0.1, 0.15) is 22.4 Å². The third-order valence-electron chi connectivity index (χ3n) is 4.04. The Hall–Kier alpha value is -1.59. The number of fused-ring (bicyclic) bond motifs is 3. The van der Waals surface area contributed by atoms with Crippen molar-refractivity contribution in [1.29, 1.82) is 0 Å². The average Bonchev–Trinajstić information content (AvgIpc) is 3.08. The van der Waals surface area contributed by atoms with Gasteiger partial charge in [-0.15, -0.1) is 11.3 Å². The fourth-order valence-corrected chi connectivity index (χ4v) is 5.14. The smallest absolute Gasteiger partial charge is 0.190 e. The summed E-state index contributed by atoms with van der Waals surface area (Å²) < 4.78 is 0. The number of benzene rings is 1. The first-order valence-electron chi connectivity index (χ1n) is 7.56. The SMILES string of the molecule is Nc1nc(SCCc2ccccc2)nc2sc3c(c12)CCC3. The van der Waals surface area contributed by atoms with Gasteiger partial charge in [0.15, 0.2) is 5.16 Å². The van der Waals surface area contributed by atoms with Crippen LogP contribution < -0.4 is 5.73 Å². The van der Waals surface area contributed by atoms with Gasteiger partial charge in [-0.3, -0.25) is 0 Å². The minimum absolute atomic E-state index is 0.659. The van der Waals surface area contributed by atoms with E-state index in [1.165, 1.54) is 28.8 Å². The first kappa shape index (κ1) is 14.0. The van der Waals surface area contributed by atoms with Crippen molar-refractivity contribution in [2.45, 2.75) is 30.8 Å². The molecule has 0 spiro atoms. The van der Waals surface area contributed by atoms with Gasteiger partial charge < -0.3 is 5.73 Å². The van der Waals surface area contributed by atoms with Gasteiger partial charge in [0.1, 0.15) is 10.6 Å². The van der Waals surface area contributed by atoms with Crippen LogP contribution in [0.2, 0.25) is 0 Å². The van der Waals surface area contributed by atoms with Crippen molar-refractivity contribution < 1.29 is 0 Å². The Labute approximate surface area is 138 Å². The van der Waals surface area contributed by atoms with Crippen LogP contribution in [0.3, 0.4) is 0 Å². The molecule has 5 heteroatoms. The number of hydrogen-bond acceptors (Lipinski definition) is 5. The summed E-state index contributed by atoms with van der Waals surface area (Å²) in [6.45, 7) is 0. The predicted molar refractivity (Wildman–Crippen MR) is 94.7 cm³/mol. The van der Waals surface area contributed by atoms with E-state index >= 15 is 0 Å². The number of nitrogens with zero attached hydrogens (tertiary/aromatic N) is 2. The maximum atomic E-state index is 6.20. The normalized spacial score (nSPS) is 13.6. The van der Waals surface area contributed by atoms with Gasteiger partial charge in [-0.25, -0.2) is 9.97 Å².